The smallest absolute Gasteiger partial charge is 0.310 e. The SMILES string of the molecule is CC(C(=O)O)C1=CCN(C(C)C)CC1. The standard InChI is InChI=1S/C11H19NO2/c1-8(2)12-6-4-10(5-7-12)9(3)11(13)14/h4,8-9H,5-7H2,1-3H3,(H,13,14). The first-order chi connectivity index (χ1) is 6.52. The maximum atomic E-state index is 10.8. The average molecular weight is 197 g/mol. The number of carbonyl (C=O) groups is 1. The Morgan fingerprint density at radius 3 is 2.50 bits per heavy atom. The van der Waals surface area contributed by atoms with E-state index in [1.165, 1.54) is 0 Å². The Balaban J connectivity index is 2.57. The van der Waals surface area contributed by atoms with Crippen molar-refractivity contribution >= 4 is 5.97 Å². The van der Waals surface area contributed by atoms with Crippen molar-refractivity contribution in [2.45, 2.75) is 33.2 Å². The lowest BCUT2D eigenvalue weighted by molar-refractivity contribution is -0.139. The number of hydrogen-bond donors (Lipinski definition) is 1. The molecule has 0 aliphatic carbocycles. The van der Waals surface area contributed by atoms with E-state index in [1.807, 2.05) is 0 Å². The van der Waals surface area contributed by atoms with Crippen molar-refractivity contribution in [2.24, 2.45) is 5.92 Å². The van der Waals surface area contributed by atoms with Gasteiger partial charge in [-0.25, -0.2) is 0 Å². The first-order valence-electron chi connectivity index (χ1n) is 5.18. The Kier molecular flexibility index (Phi) is 3.69. The molecule has 1 aliphatic rings. The lowest BCUT2D eigenvalue weighted by atomic mass is 9.95. The van der Waals surface area contributed by atoms with Gasteiger partial charge in [0.1, 0.15) is 0 Å². The molecule has 0 fully saturated rings. The van der Waals surface area contributed by atoms with E-state index >= 15 is 0 Å². The van der Waals surface area contributed by atoms with Crippen LogP contribution in [0.1, 0.15) is 27.2 Å². The van der Waals surface area contributed by atoms with E-state index in [-0.39, 0.29) is 5.92 Å². The molecule has 0 saturated heterocycles. The predicted octanol–water partition coefficient (Wildman–Crippen LogP) is 1.75. The number of nitrogens with zero attached hydrogens (tertiary/aromatic N) is 1. The molecule has 80 valence electrons. The van der Waals surface area contributed by atoms with Crippen LogP contribution in [0.2, 0.25) is 0 Å². The third-order valence-corrected chi connectivity index (χ3v) is 2.93. The van der Waals surface area contributed by atoms with Crippen LogP contribution in [0.15, 0.2) is 11.6 Å². The lowest BCUT2D eigenvalue weighted by Gasteiger charge is -2.30. The molecular weight excluding hydrogens is 178 g/mol. The zero-order valence-corrected chi connectivity index (χ0v) is 9.16. The summed E-state index contributed by atoms with van der Waals surface area (Å²) in [6.45, 7) is 7.98. The van der Waals surface area contributed by atoms with Gasteiger partial charge in [-0.1, -0.05) is 11.6 Å². The summed E-state index contributed by atoms with van der Waals surface area (Å²) in [5.41, 5.74) is 1.08. The molecule has 0 radical (unpaired) electrons. The molecule has 1 atom stereocenters. The maximum Gasteiger partial charge on any atom is 0.310 e. The monoisotopic (exact) mass is 197 g/mol. The van der Waals surface area contributed by atoms with Gasteiger partial charge in [-0.3, -0.25) is 9.69 Å². The molecule has 14 heavy (non-hydrogen) atoms. The second-order valence-corrected chi connectivity index (χ2v) is 4.18. The van der Waals surface area contributed by atoms with Crippen molar-refractivity contribution in [3.8, 4) is 0 Å². The molecule has 0 aromatic carbocycles. The van der Waals surface area contributed by atoms with Crippen molar-refractivity contribution in [3.05, 3.63) is 11.6 Å². The van der Waals surface area contributed by atoms with Gasteiger partial charge in [-0.05, 0) is 27.2 Å². The summed E-state index contributed by atoms with van der Waals surface area (Å²) in [5, 5.41) is 8.85. The Morgan fingerprint density at radius 2 is 2.14 bits per heavy atom. The van der Waals surface area contributed by atoms with Gasteiger partial charge in [0.2, 0.25) is 0 Å². The second-order valence-electron chi connectivity index (χ2n) is 4.18. The molecule has 1 aliphatic heterocycles. The van der Waals surface area contributed by atoms with E-state index in [0.29, 0.717) is 6.04 Å². The molecule has 3 nitrogen and oxygen atoms in total. The van der Waals surface area contributed by atoms with E-state index in [0.717, 1.165) is 25.1 Å². The normalized spacial score (nSPS) is 20.7. The predicted molar refractivity (Wildman–Crippen MR) is 56.2 cm³/mol. The van der Waals surface area contributed by atoms with Crippen LogP contribution < -0.4 is 0 Å². The summed E-state index contributed by atoms with van der Waals surface area (Å²) in [6.07, 6.45) is 2.97. The highest BCUT2D eigenvalue weighted by Gasteiger charge is 2.21. The van der Waals surface area contributed by atoms with Crippen LogP contribution in [0.4, 0.5) is 0 Å². The van der Waals surface area contributed by atoms with Crippen LogP contribution in [0.5, 0.6) is 0 Å². The highest BCUT2D eigenvalue weighted by Crippen LogP contribution is 2.20. The molecular formula is C11H19NO2. The van der Waals surface area contributed by atoms with Crippen LogP contribution in [0.3, 0.4) is 0 Å². The fraction of sp³-hybridized carbons (Fsp3) is 0.727. The fourth-order valence-electron chi connectivity index (χ4n) is 1.72. The summed E-state index contributed by atoms with van der Waals surface area (Å²) < 4.78 is 0. The van der Waals surface area contributed by atoms with Crippen molar-refractivity contribution in [2.75, 3.05) is 13.1 Å². The molecule has 1 heterocycles. The lowest BCUT2D eigenvalue weighted by Crippen LogP contribution is -2.36. The Morgan fingerprint density at radius 1 is 1.50 bits per heavy atom. The highest BCUT2D eigenvalue weighted by molar-refractivity contribution is 5.73. The van der Waals surface area contributed by atoms with Crippen molar-refractivity contribution in [3.63, 3.8) is 0 Å². The Bertz CT molecular complexity index is 246. The molecule has 1 N–H and O–H groups in total. The molecule has 1 unspecified atom stereocenters. The minimum atomic E-state index is -0.714. The van der Waals surface area contributed by atoms with Crippen LogP contribution in [0, 0.1) is 5.92 Å². The first kappa shape index (κ1) is 11.2. The largest absolute Gasteiger partial charge is 0.481 e. The summed E-state index contributed by atoms with van der Waals surface area (Å²) in [4.78, 5) is 13.1. The maximum absolute atomic E-state index is 10.8. The molecule has 3 heteroatoms. The molecule has 0 aromatic rings. The molecule has 0 aromatic heterocycles. The van der Waals surface area contributed by atoms with Gasteiger partial charge in [0.25, 0.3) is 0 Å². The van der Waals surface area contributed by atoms with Crippen molar-refractivity contribution < 1.29 is 9.90 Å². The van der Waals surface area contributed by atoms with E-state index in [1.54, 1.807) is 6.92 Å². The Labute approximate surface area is 85.4 Å². The van der Waals surface area contributed by atoms with E-state index < -0.39 is 5.97 Å². The van der Waals surface area contributed by atoms with Gasteiger partial charge in [0.05, 0.1) is 5.92 Å². The van der Waals surface area contributed by atoms with Crippen LogP contribution >= 0.6 is 0 Å². The quantitative estimate of drug-likeness (QED) is 0.701. The molecule has 0 amide bonds. The highest BCUT2D eigenvalue weighted by atomic mass is 16.4. The Hall–Kier alpha value is -0.830. The molecule has 0 saturated carbocycles. The molecule has 1 rings (SSSR count). The number of hydrogen-bond acceptors (Lipinski definition) is 2. The van der Waals surface area contributed by atoms with E-state index in [9.17, 15) is 4.79 Å². The van der Waals surface area contributed by atoms with E-state index in [2.05, 4.69) is 24.8 Å². The van der Waals surface area contributed by atoms with Gasteiger partial charge in [-0.15, -0.1) is 0 Å². The average Bonchev–Trinajstić information content (AvgIpc) is 2.16. The van der Waals surface area contributed by atoms with Crippen LogP contribution in [0.25, 0.3) is 0 Å². The number of aliphatic carboxylic acids is 1. The van der Waals surface area contributed by atoms with Gasteiger partial charge < -0.3 is 5.11 Å². The summed E-state index contributed by atoms with van der Waals surface area (Å²) >= 11 is 0. The van der Waals surface area contributed by atoms with Gasteiger partial charge in [-0.2, -0.15) is 0 Å². The summed E-state index contributed by atoms with van der Waals surface area (Å²) in [5.74, 6) is -1.03. The zero-order valence-electron chi connectivity index (χ0n) is 9.16. The third kappa shape index (κ3) is 2.58. The topological polar surface area (TPSA) is 40.5 Å². The second kappa shape index (κ2) is 4.60. The minimum Gasteiger partial charge on any atom is -0.481 e. The summed E-state index contributed by atoms with van der Waals surface area (Å²) in [6, 6.07) is 0.549. The zero-order chi connectivity index (χ0) is 10.7. The number of carboxylic acid groups (broad SMARTS) is 1. The van der Waals surface area contributed by atoms with Crippen molar-refractivity contribution in [1.29, 1.82) is 0 Å². The summed E-state index contributed by atoms with van der Waals surface area (Å²) in [7, 11) is 0. The van der Waals surface area contributed by atoms with Crippen molar-refractivity contribution in [1.82, 2.24) is 4.90 Å². The van der Waals surface area contributed by atoms with Crippen LogP contribution in [-0.4, -0.2) is 35.1 Å². The van der Waals surface area contributed by atoms with E-state index in [4.69, 9.17) is 5.11 Å². The van der Waals surface area contributed by atoms with Gasteiger partial charge in [0, 0.05) is 19.1 Å². The minimum absolute atomic E-state index is 0.315. The fourth-order valence-corrected chi connectivity index (χ4v) is 1.72. The molecule has 0 bridgehead atoms. The van der Waals surface area contributed by atoms with Gasteiger partial charge in [0.15, 0.2) is 0 Å². The number of rotatable bonds is 3. The van der Waals surface area contributed by atoms with Crippen LogP contribution in [-0.2, 0) is 4.79 Å². The molecule has 0 spiro atoms. The first-order valence-corrected chi connectivity index (χ1v) is 5.18. The van der Waals surface area contributed by atoms with Gasteiger partial charge >= 0.3 is 5.97 Å². The third-order valence-electron chi connectivity index (χ3n) is 2.93. The number of carboxylic acids is 1.